The molecule has 1 aromatic heterocycles. The van der Waals surface area contributed by atoms with Crippen molar-refractivity contribution in [1.82, 2.24) is 9.71 Å². The minimum atomic E-state index is -3.71. The summed E-state index contributed by atoms with van der Waals surface area (Å²) in [6.45, 7) is 8.78. The number of carbonyl (C=O) groups is 1. The fraction of sp³-hybridized carbons (Fsp3) is 0.667. The zero-order chi connectivity index (χ0) is 20.9. The van der Waals surface area contributed by atoms with Gasteiger partial charge in [0.1, 0.15) is 22.6 Å². The monoisotopic (exact) mass is 477 g/mol. The summed E-state index contributed by atoms with van der Waals surface area (Å²) in [6.07, 6.45) is 0.902. The Labute approximate surface area is 175 Å². The number of nitrogens with zero attached hydrogens (tertiary/aromatic N) is 2. The van der Waals surface area contributed by atoms with Crippen molar-refractivity contribution in [1.29, 1.82) is 0 Å². The molecule has 0 spiro atoms. The molecule has 0 amide bonds. The van der Waals surface area contributed by atoms with Crippen LogP contribution in [0.5, 0.6) is 0 Å². The van der Waals surface area contributed by atoms with Gasteiger partial charge in [0.05, 0.1) is 25.0 Å². The van der Waals surface area contributed by atoms with E-state index in [0.717, 1.165) is 6.42 Å². The standard InChI is InChI=1S/C18H28BrN3O5S/c1-5-14-11-26-7-6-22(14)16-9-13(8-15(19)21-16)12-28(24,25)20-10-17(23)27-18(2,3)4/h8-9,14,20H,5-7,10-12H2,1-4H3/t14-/m0/s1. The highest BCUT2D eigenvalue weighted by atomic mass is 79.9. The van der Waals surface area contributed by atoms with Crippen molar-refractivity contribution in [2.45, 2.75) is 51.5 Å². The van der Waals surface area contributed by atoms with Gasteiger partial charge in [0, 0.05) is 6.54 Å². The molecule has 0 radical (unpaired) electrons. The van der Waals surface area contributed by atoms with Gasteiger partial charge in [-0.15, -0.1) is 0 Å². The van der Waals surface area contributed by atoms with E-state index in [4.69, 9.17) is 9.47 Å². The lowest BCUT2D eigenvalue weighted by molar-refractivity contribution is -0.153. The molecule has 158 valence electrons. The number of ether oxygens (including phenoxy) is 2. The molecule has 2 heterocycles. The van der Waals surface area contributed by atoms with Gasteiger partial charge in [-0.3, -0.25) is 4.79 Å². The molecule has 1 saturated heterocycles. The van der Waals surface area contributed by atoms with E-state index in [1.165, 1.54) is 0 Å². The highest BCUT2D eigenvalue weighted by molar-refractivity contribution is 9.10. The van der Waals surface area contributed by atoms with Crippen molar-refractivity contribution < 1.29 is 22.7 Å². The largest absolute Gasteiger partial charge is 0.459 e. The van der Waals surface area contributed by atoms with Crippen LogP contribution in [0.2, 0.25) is 0 Å². The van der Waals surface area contributed by atoms with Crippen LogP contribution in [0.15, 0.2) is 16.7 Å². The van der Waals surface area contributed by atoms with Crippen LogP contribution in [-0.4, -0.2) is 57.3 Å². The first-order valence-corrected chi connectivity index (χ1v) is 11.6. The first kappa shape index (κ1) is 23.1. The van der Waals surface area contributed by atoms with Crippen LogP contribution in [0.3, 0.4) is 0 Å². The summed E-state index contributed by atoms with van der Waals surface area (Å²) < 4.78 is 38.3. The molecule has 0 saturated carbocycles. The number of esters is 1. The van der Waals surface area contributed by atoms with E-state index in [1.54, 1.807) is 32.9 Å². The van der Waals surface area contributed by atoms with Gasteiger partial charge in [-0.05, 0) is 60.8 Å². The van der Waals surface area contributed by atoms with Crippen LogP contribution in [0, 0.1) is 0 Å². The van der Waals surface area contributed by atoms with Gasteiger partial charge in [0.15, 0.2) is 0 Å². The molecule has 0 aromatic carbocycles. The van der Waals surface area contributed by atoms with Crippen molar-refractivity contribution in [3.8, 4) is 0 Å². The number of rotatable bonds is 7. The lowest BCUT2D eigenvalue weighted by Crippen LogP contribution is -2.45. The summed E-state index contributed by atoms with van der Waals surface area (Å²) in [5, 5.41) is 0. The first-order valence-electron chi connectivity index (χ1n) is 9.19. The molecular formula is C18H28BrN3O5S. The summed E-state index contributed by atoms with van der Waals surface area (Å²) in [5.74, 6) is -0.168. The number of aromatic nitrogens is 1. The van der Waals surface area contributed by atoms with Gasteiger partial charge in [-0.25, -0.2) is 18.1 Å². The number of nitrogens with one attached hydrogen (secondary N) is 1. The fourth-order valence-electron chi connectivity index (χ4n) is 2.88. The third-order valence-corrected chi connectivity index (χ3v) is 5.75. The minimum absolute atomic E-state index is 0.199. The zero-order valence-electron chi connectivity index (χ0n) is 16.7. The predicted molar refractivity (Wildman–Crippen MR) is 111 cm³/mol. The summed E-state index contributed by atoms with van der Waals surface area (Å²) in [5.41, 5.74) is -0.0867. The molecule has 0 bridgehead atoms. The molecule has 0 unspecified atom stereocenters. The molecule has 0 aliphatic carbocycles. The topological polar surface area (TPSA) is 97.8 Å². The van der Waals surface area contributed by atoms with Gasteiger partial charge in [0.25, 0.3) is 0 Å². The van der Waals surface area contributed by atoms with Crippen molar-refractivity contribution in [3.05, 3.63) is 22.3 Å². The average Bonchev–Trinajstić information content (AvgIpc) is 2.57. The van der Waals surface area contributed by atoms with Crippen LogP contribution in [0.4, 0.5) is 5.82 Å². The number of anilines is 1. The molecule has 1 fully saturated rings. The lowest BCUT2D eigenvalue weighted by Gasteiger charge is -2.36. The van der Waals surface area contributed by atoms with Gasteiger partial charge in [-0.1, -0.05) is 6.92 Å². The third kappa shape index (κ3) is 7.31. The Bertz CT molecular complexity index is 795. The van der Waals surface area contributed by atoms with E-state index in [9.17, 15) is 13.2 Å². The normalized spacial score (nSPS) is 18.2. The zero-order valence-corrected chi connectivity index (χ0v) is 19.1. The molecular weight excluding hydrogens is 450 g/mol. The van der Waals surface area contributed by atoms with E-state index >= 15 is 0 Å². The highest BCUT2D eigenvalue weighted by Crippen LogP contribution is 2.24. The van der Waals surface area contributed by atoms with Gasteiger partial charge < -0.3 is 14.4 Å². The number of hydrogen-bond acceptors (Lipinski definition) is 7. The second-order valence-corrected chi connectivity index (χ2v) is 10.3. The van der Waals surface area contributed by atoms with E-state index < -0.39 is 28.1 Å². The van der Waals surface area contributed by atoms with E-state index in [1.807, 2.05) is 0 Å². The SMILES string of the molecule is CC[C@H]1COCCN1c1cc(CS(=O)(=O)NCC(=O)OC(C)(C)C)cc(Br)n1. The molecule has 1 N–H and O–H groups in total. The number of sulfonamides is 1. The minimum Gasteiger partial charge on any atom is -0.459 e. The smallest absolute Gasteiger partial charge is 0.321 e. The average molecular weight is 478 g/mol. The number of morpholine rings is 1. The Morgan fingerprint density at radius 2 is 2.14 bits per heavy atom. The van der Waals surface area contributed by atoms with Crippen LogP contribution in [0.25, 0.3) is 0 Å². The number of hydrogen-bond donors (Lipinski definition) is 1. The van der Waals surface area contributed by atoms with Gasteiger partial charge >= 0.3 is 5.97 Å². The summed E-state index contributed by atoms with van der Waals surface area (Å²) in [6, 6.07) is 3.63. The summed E-state index contributed by atoms with van der Waals surface area (Å²) >= 11 is 3.37. The number of carbonyl (C=O) groups excluding carboxylic acids is 1. The fourth-order valence-corrected chi connectivity index (χ4v) is 4.40. The van der Waals surface area contributed by atoms with Crippen LogP contribution in [0.1, 0.15) is 39.7 Å². The lowest BCUT2D eigenvalue weighted by atomic mass is 10.1. The Balaban J connectivity index is 2.08. The molecule has 1 atom stereocenters. The van der Waals surface area contributed by atoms with E-state index in [0.29, 0.717) is 35.7 Å². The van der Waals surface area contributed by atoms with E-state index in [2.05, 4.69) is 37.5 Å². The molecule has 1 aliphatic rings. The Morgan fingerprint density at radius 1 is 1.43 bits per heavy atom. The van der Waals surface area contributed by atoms with Crippen molar-refractivity contribution in [2.75, 3.05) is 31.2 Å². The quantitative estimate of drug-likeness (QED) is 0.474. The predicted octanol–water partition coefficient (Wildman–Crippen LogP) is 2.22. The summed E-state index contributed by atoms with van der Waals surface area (Å²) in [4.78, 5) is 18.4. The van der Waals surface area contributed by atoms with Crippen molar-refractivity contribution >= 4 is 37.7 Å². The van der Waals surface area contributed by atoms with Gasteiger partial charge in [0.2, 0.25) is 10.0 Å². The van der Waals surface area contributed by atoms with Crippen LogP contribution in [-0.2, 0) is 30.0 Å². The van der Waals surface area contributed by atoms with E-state index in [-0.39, 0.29) is 11.8 Å². The maximum absolute atomic E-state index is 12.4. The highest BCUT2D eigenvalue weighted by Gasteiger charge is 2.24. The number of halogens is 1. The number of pyridine rings is 1. The van der Waals surface area contributed by atoms with Gasteiger partial charge in [-0.2, -0.15) is 0 Å². The molecule has 10 heteroatoms. The molecule has 2 rings (SSSR count). The second kappa shape index (κ2) is 9.51. The molecule has 8 nitrogen and oxygen atoms in total. The second-order valence-electron chi connectivity index (χ2n) is 7.65. The Hall–Kier alpha value is -1.23. The van der Waals surface area contributed by atoms with Crippen molar-refractivity contribution in [3.63, 3.8) is 0 Å². The van der Waals surface area contributed by atoms with Crippen LogP contribution < -0.4 is 9.62 Å². The molecule has 28 heavy (non-hydrogen) atoms. The Kier molecular flexibility index (Phi) is 7.83. The Morgan fingerprint density at radius 3 is 2.79 bits per heavy atom. The summed E-state index contributed by atoms with van der Waals surface area (Å²) in [7, 11) is -3.71. The molecule has 1 aliphatic heterocycles. The van der Waals surface area contributed by atoms with Crippen LogP contribution >= 0.6 is 15.9 Å². The third-order valence-electron chi connectivity index (χ3n) is 4.05. The first-order chi connectivity index (χ1) is 13.0. The maximum Gasteiger partial charge on any atom is 0.321 e. The molecule has 1 aromatic rings. The van der Waals surface area contributed by atoms with Crippen molar-refractivity contribution in [2.24, 2.45) is 0 Å². The maximum atomic E-state index is 12.4.